The zero-order chi connectivity index (χ0) is 9.68. The second kappa shape index (κ2) is 5.29. The number of ketones is 1. The molecule has 1 aliphatic heterocycles. The molecule has 0 aromatic carbocycles. The van der Waals surface area contributed by atoms with Crippen molar-refractivity contribution >= 4 is 5.78 Å². The van der Waals surface area contributed by atoms with Crippen LogP contribution in [0.4, 0.5) is 0 Å². The van der Waals surface area contributed by atoms with Crippen LogP contribution in [0.2, 0.25) is 0 Å². The van der Waals surface area contributed by atoms with E-state index in [1.807, 2.05) is 0 Å². The van der Waals surface area contributed by atoms with Gasteiger partial charge in [-0.2, -0.15) is 0 Å². The van der Waals surface area contributed by atoms with Gasteiger partial charge in [0.1, 0.15) is 6.79 Å². The van der Waals surface area contributed by atoms with E-state index in [1.54, 1.807) is 0 Å². The van der Waals surface area contributed by atoms with Gasteiger partial charge in [0.15, 0.2) is 18.2 Å². The molecule has 1 fully saturated rings. The summed E-state index contributed by atoms with van der Waals surface area (Å²) in [7, 11) is 2.97. The van der Waals surface area contributed by atoms with Crippen molar-refractivity contribution in [3.8, 4) is 0 Å². The van der Waals surface area contributed by atoms with Gasteiger partial charge in [-0.05, 0) is 0 Å². The third-order valence-corrected chi connectivity index (χ3v) is 1.79. The highest BCUT2D eigenvalue weighted by Gasteiger charge is 2.33. The molecule has 0 aromatic heterocycles. The maximum atomic E-state index is 11.3. The Balaban J connectivity index is 2.46. The van der Waals surface area contributed by atoms with Gasteiger partial charge in [0.25, 0.3) is 0 Å². The van der Waals surface area contributed by atoms with E-state index < -0.39 is 12.4 Å². The number of carbonyl (C=O) groups is 1. The Morgan fingerprint density at radius 2 is 2.31 bits per heavy atom. The summed E-state index contributed by atoms with van der Waals surface area (Å²) in [5.41, 5.74) is 0. The first-order valence-electron chi connectivity index (χ1n) is 4.07. The van der Waals surface area contributed by atoms with E-state index in [9.17, 15) is 4.79 Å². The average Bonchev–Trinajstić information content (AvgIpc) is 2.15. The van der Waals surface area contributed by atoms with E-state index >= 15 is 0 Å². The quantitative estimate of drug-likeness (QED) is 0.581. The molecule has 0 bridgehead atoms. The fourth-order valence-electron chi connectivity index (χ4n) is 1.16. The molecule has 1 heterocycles. The zero-order valence-electron chi connectivity index (χ0n) is 7.82. The van der Waals surface area contributed by atoms with Crippen LogP contribution in [0.25, 0.3) is 0 Å². The number of methoxy groups -OCH3 is 2. The van der Waals surface area contributed by atoms with Crippen molar-refractivity contribution in [3.05, 3.63) is 0 Å². The van der Waals surface area contributed by atoms with Gasteiger partial charge in [0.2, 0.25) is 0 Å². The minimum Gasteiger partial charge on any atom is -0.359 e. The van der Waals surface area contributed by atoms with Crippen molar-refractivity contribution in [2.45, 2.75) is 18.8 Å². The molecule has 0 unspecified atom stereocenters. The maximum absolute atomic E-state index is 11.3. The fraction of sp³-hybridized carbons (Fsp3) is 0.875. The van der Waals surface area contributed by atoms with Crippen LogP contribution in [-0.2, 0) is 23.7 Å². The molecule has 1 rings (SSSR count). The standard InChI is InChI=1S/C8H14O5/c1-10-5-13-7-6(9)3-4-12-8(7)11-2/h7-8H,3-5H2,1-2H3/t7-,8-/m1/s1. The van der Waals surface area contributed by atoms with Crippen molar-refractivity contribution < 1.29 is 23.7 Å². The largest absolute Gasteiger partial charge is 0.359 e. The minimum atomic E-state index is -0.654. The van der Waals surface area contributed by atoms with E-state index in [0.717, 1.165) is 0 Å². The second-order valence-corrected chi connectivity index (χ2v) is 2.68. The van der Waals surface area contributed by atoms with Crippen LogP contribution >= 0.6 is 0 Å². The summed E-state index contributed by atoms with van der Waals surface area (Å²) in [6.45, 7) is 0.462. The molecule has 0 aliphatic carbocycles. The Bertz CT molecular complexity index is 170. The Hall–Kier alpha value is -0.490. The van der Waals surface area contributed by atoms with Crippen LogP contribution in [0, 0.1) is 0 Å². The number of hydrogen-bond acceptors (Lipinski definition) is 5. The van der Waals surface area contributed by atoms with E-state index in [-0.39, 0.29) is 12.6 Å². The molecule has 0 N–H and O–H groups in total. The maximum Gasteiger partial charge on any atom is 0.190 e. The van der Waals surface area contributed by atoms with Crippen molar-refractivity contribution in [1.29, 1.82) is 0 Å². The van der Waals surface area contributed by atoms with Crippen molar-refractivity contribution in [2.24, 2.45) is 0 Å². The topological polar surface area (TPSA) is 54.0 Å². The lowest BCUT2D eigenvalue weighted by Gasteiger charge is -2.28. The van der Waals surface area contributed by atoms with E-state index in [2.05, 4.69) is 0 Å². The number of Topliss-reactive ketones (excluding diaryl/α,β-unsaturated/α-hetero) is 1. The number of ether oxygens (including phenoxy) is 4. The summed E-state index contributed by atoms with van der Waals surface area (Å²) in [4.78, 5) is 11.3. The Kier molecular flexibility index (Phi) is 4.31. The Morgan fingerprint density at radius 3 is 2.92 bits per heavy atom. The molecule has 0 radical (unpaired) electrons. The van der Waals surface area contributed by atoms with Crippen LogP contribution in [0.1, 0.15) is 6.42 Å². The summed E-state index contributed by atoms with van der Waals surface area (Å²) in [5.74, 6) is -0.00449. The van der Waals surface area contributed by atoms with Gasteiger partial charge in [-0.25, -0.2) is 0 Å². The van der Waals surface area contributed by atoms with Gasteiger partial charge in [0, 0.05) is 20.6 Å². The van der Waals surface area contributed by atoms with Crippen LogP contribution in [-0.4, -0.2) is 45.8 Å². The lowest BCUT2D eigenvalue weighted by molar-refractivity contribution is -0.226. The van der Waals surface area contributed by atoms with Crippen LogP contribution in [0.3, 0.4) is 0 Å². The lowest BCUT2D eigenvalue weighted by Crippen LogP contribution is -2.44. The van der Waals surface area contributed by atoms with Gasteiger partial charge in [0.05, 0.1) is 6.61 Å². The predicted octanol–water partition coefficient (Wildman–Crippen LogP) is -0.0626. The molecule has 5 heteroatoms. The molecule has 13 heavy (non-hydrogen) atoms. The molecule has 0 amide bonds. The summed E-state index contributed by atoms with van der Waals surface area (Å²) < 4.78 is 20.0. The summed E-state index contributed by atoms with van der Waals surface area (Å²) in [6, 6.07) is 0. The smallest absolute Gasteiger partial charge is 0.190 e. The molecule has 0 aromatic rings. The predicted molar refractivity (Wildman–Crippen MR) is 43.1 cm³/mol. The van der Waals surface area contributed by atoms with Gasteiger partial charge in [-0.15, -0.1) is 0 Å². The molecule has 2 atom stereocenters. The highest BCUT2D eigenvalue weighted by Crippen LogP contribution is 2.14. The average molecular weight is 190 g/mol. The lowest BCUT2D eigenvalue weighted by atomic mass is 10.1. The second-order valence-electron chi connectivity index (χ2n) is 2.68. The first kappa shape index (κ1) is 10.6. The number of carbonyl (C=O) groups excluding carboxylic acids is 1. The van der Waals surface area contributed by atoms with Crippen LogP contribution < -0.4 is 0 Å². The number of rotatable bonds is 4. The molecule has 0 saturated carbocycles. The molecule has 1 saturated heterocycles. The van der Waals surface area contributed by atoms with E-state index in [0.29, 0.717) is 13.0 Å². The molecular formula is C8H14O5. The molecule has 5 nitrogen and oxygen atoms in total. The van der Waals surface area contributed by atoms with Crippen LogP contribution in [0.15, 0.2) is 0 Å². The van der Waals surface area contributed by atoms with Gasteiger partial charge >= 0.3 is 0 Å². The van der Waals surface area contributed by atoms with Gasteiger partial charge in [-0.3, -0.25) is 4.79 Å². The highest BCUT2D eigenvalue weighted by atomic mass is 16.7. The third kappa shape index (κ3) is 2.73. The minimum absolute atomic E-state index is 0.00449. The van der Waals surface area contributed by atoms with E-state index in [4.69, 9.17) is 18.9 Å². The normalized spacial score (nSPS) is 29.2. The van der Waals surface area contributed by atoms with Crippen LogP contribution in [0.5, 0.6) is 0 Å². The SMILES string of the molecule is COCO[C@@H]1C(=O)CCO[C@H]1OC. The van der Waals surface area contributed by atoms with E-state index in [1.165, 1.54) is 14.2 Å². The fourth-order valence-corrected chi connectivity index (χ4v) is 1.16. The number of hydrogen-bond donors (Lipinski definition) is 0. The summed E-state index contributed by atoms with van der Waals surface area (Å²) in [6.07, 6.45) is -0.885. The zero-order valence-corrected chi connectivity index (χ0v) is 7.82. The van der Waals surface area contributed by atoms with Gasteiger partial charge in [-0.1, -0.05) is 0 Å². The first-order valence-corrected chi connectivity index (χ1v) is 4.07. The molecule has 1 aliphatic rings. The van der Waals surface area contributed by atoms with Crippen molar-refractivity contribution in [1.82, 2.24) is 0 Å². The summed E-state index contributed by atoms with van der Waals surface area (Å²) >= 11 is 0. The Labute approximate surface area is 76.9 Å². The summed E-state index contributed by atoms with van der Waals surface area (Å²) in [5, 5.41) is 0. The van der Waals surface area contributed by atoms with Crippen molar-refractivity contribution in [3.63, 3.8) is 0 Å². The first-order chi connectivity index (χ1) is 6.29. The van der Waals surface area contributed by atoms with Gasteiger partial charge < -0.3 is 18.9 Å². The molecule has 0 spiro atoms. The highest BCUT2D eigenvalue weighted by molar-refractivity contribution is 5.84. The van der Waals surface area contributed by atoms with Crippen molar-refractivity contribution in [2.75, 3.05) is 27.6 Å². The third-order valence-electron chi connectivity index (χ3n) is 1.79. The monoisotopic (exact) mass is 190 g/mol. The Morgan fingerprint density at radius 1 is 1.54 bits per heavy atom. The molecular weight excluding hydrogens is 176 g/mol. The molecule has 76 valence electrons.